The molecule has 0 aromatic heterocycles. The van der Waals surface area contributed by atoms with Crippen molar-refractivity contribution in [2.24, 2.45) is 0 Å². The van der Waals surface area contributed by atoms with Crippen molar-refractivity contribution in [2.75, 3.05) is 13.2 Å². The molecule has 14 heavy (non-hydrogen) atoms. The normalized spacial score (nSPS) is 18.2. The zero-order chi connectivity index (χ0) is 9.86. The van der Waals surface area contributed by atoms with Crippen molar-refractivity contribution in [2.45, 2.75) is 18.3 Å². The van der Waals surface area contributed by atoms with Gasteiger partial charge in [-0.25, -0.2) is 0 Å². The summed E-state index contributed by atoms with van der Waals surface area (Å²) in [7, 11) is 0. The average molecular weight is 187 g/mol. The summed E-state index contributed by atoms with van der Waals surface area (Å²) in [6, 6.07) is 12.6. The van der Waals surface area contributed by atoms with Crippen LogP contribution in [0.1, 0.15) is 18.4 Å². The first kappa shape index (κ1) is 9.23. The minimum absolute atomic E-state index is 0.122. The van der Waals surface area contributed by atoms with Crippen LogP contribution in [-0.4, -0.2) is 13.2 Å². The molecule has 2 nitrogen and oxygen atoms in total. The van der Waals surface area contributed by atoms with E-state index in [2.05, 4.69) is 18.2 Å². The first-order valence-corrected chi connectivity index (χ1v) is 4.88. The van der Waals surface area contributed by atoms with E-state index in [-0.39, 0.29) is 5.41 Å². The molecule has 0 amide bonds. The van der Waals surface area contributed by atoms with Crippen LogP contribution in [0.5, 0.6) is 0 Å². The van der Waals surface area contributed by atoms with Gasteiger partial charge in [0.25, 0.3) is 0 Å². The zero-order valence-electron chi connectivity index (χ0n) is 8.07. The fourth-order valence-corrected chi connectivity index (χ4v) is 1.89. The highest BCUT2D eigenvalue weighted by atomic mass is 16.5. The molecule has 0 N–H and O–H groups in total. The maximum Gasteiger partial charge on any atom is 0.0622 e. The molecule has 1 fully saturated rings. The van der Waals surface area contributed by atoms with E-state index in [4.69, 9.17) is 10.00 Å². The Balaban J connectivity index is 2.17. The summed E-state index contributed by atoms with van der Waals surface area (Å²) in [4.78, 5) is 0. The highest BCUT2D eigenvalue weighted by Crippen LogP contribution is 2.36. The standard InChI is InChI=1S/C12H13NO/c13-8-4-7-12(9-14-10-12)11-5-2-1-3-6-11/h1-3,5-6H,4,7,9-10H2. The Morgan fingerprint density at radius 2 is 2.00 bits per heavy atom. The highest BCUT2D eigenvalue weighted by molar-refractivity contribution is 5.28. The summed E-state index contributed by atoms with van der Waals surface area (Å²) in [5.41, 5.74) is 1.43. The monoisotopic (exact) mass is 187 g/mol. The lowest BCUT2D eigenvalue weighted by atomic mass is 9.75. The Morgan fingerprint density at radius 1 is 1.29 bits per heavy atom. The van der Waals surface area contributed by atoms with Crippen LogP contribution < -0.4 is 0 Å². The van der Waals surface area contributed by atoms with Crippen molar-refractivity contribution in [1.82, 2.24) is 0 Å². The lowest BCUT2D eigenvalue weighted by Gasteiger charge is -2.41. The van der Waals surface area contributed by atoms with Crippen LogP contribution in [-0.2, 0) is 10.2 Å². The maximum absolute atomic E-state index is 8.61. The average Bonchev–Trinajstić information content (AvgIpc) is 2.18. The number of nitrogens with zero attached hydrogens (tertiary/aromatic N) is 1. The van der Waals surface area contributed by atoms with Gasteiger partial charge in [0.05, 0.1) is 19.3 Å². The predicted molar refractivity (Wildman–Crippen MR) is 53.8 cm³/mol. The molecular weight excluding hydrogens is 174 g/mol. The first-order chi connectivity index (χ1) is 6.87. The lowest BCUT2D eigenvalue weighted by molar-refractivity contribution is -0.0636. The lowest BCUT2D eigenvalue weighted by Crippen LogP contribution is -2.46. The first-order valence-electron chi connectivity index (χ1n) is 4.88. The Kier molecular flexibility index (Phi) is 2.51. The molecule has 2 rings (SSSR count). The molecule has 72 valence electrons. The maximum atomic E-state index is 8.61. The van der Waals surface area contributed by atoms with Gasteiger partial charge < -0.3 is 4.74 Å². The van der Waals surface area contributed by atoms with E-state index in [1.807, 2.05) is 18.2 Å². The highest BCUT2D eigenvalue weighted by Gasteiger charge is 2.39. The Morgan fingerprint density at radius 3 is 2.50 bits per heavy atom. The number of benzene rings is 1. The molecule has 0 bridgehead atoms. The largest absolute Gasteiger partial charge is 0.379 e. The van der Waals surface area contributed by atoms with Crippen molar-refractivity contribution in [3.05, 3.63) is 35.9 Å². The molecule has 0 spiro atoms. The predicted octanol–water partition coefficient (Wildman–Crippen LogP) is 2.26. The van der Waals surface area contributed by atoms with Crippen molar-refractivity contribution >= 4 is 0 Å². The summed E-state index contributed by atoms with van der Waals surface area (Å²) >= 11 is 0. The number of hydrogen-bond acceptors (Lipinski definition) is 2. The quantitative estimate of drug-likeness (QED) is 0.727. The van der Waals surface area contributed by atoms with Crippen LogP contribution in [0.4, 0.5) is 0 Å². The van der Waals surface area contributed by atoms with Gasteiger partial charge in [0, 0.05) is 11.8 Å². The van der Waals surface area contributed by atoms with E-state index in [0.29, 0.717) is 6.42 Å². The van der Waals surface area contributed by atoms with Crippen LogP contribution >= 0.6 is 0 Å². The summed E-state index contributed by atoms with van der Waals surface area (Å²) in [5.74, 6) is 0. The Labute approximate surface area is 84.1 Å². The molecule has 1 heterocycles. The molecule has 0 radical (unpaired) electrons. The molecule has 1 saturated heterocycles. The second-order valence-electron chi connectivity index (χ2n) is 3.80. The molecule has 0 unspecified atom stereocenters. The molecule has 1 aliphatic heterocycles. The van der Waals surface area contributed by atoms with Gasteiger partial charge in [0.2, 0.25) is 0 Å². The minimum Gasteiger partial charge on any atom is -0.379 e. The van der Waals surface area contributed by atoms with Crippen molar-refractivity contribution in [3.63, 3.8) is 0 Å². The van der Waals surface area contributed by atoms with E-state index in [1.54, 1.807) is 0 Å². The second-order valence-corrected chi connectivity index (χ2v) is 3.80. The Bertz CT molecular complexity index is 335. The van der Waals surface area contributed by atoms with Gasteiger partial charge in [0.1, 0.15) is 0 Å². The summed E-state index contributed by atoms with van der Waals surface area (Å²) in [5, 5.41) is 8.61. The SMILES string of the molecule is N#CCCC1(c2ccccc2)COC1. The topological polar surface area (TPSA) is 33.0 Å². The van der Waals surface area contributed by atoms with Gasteiger partial charge in [-0.1, -0.05) is 30.3 Å². The molecule has 0 saturated carbocycles. The molecule has 2 heteroatoms. The minimum atomic E-state index is 0.122. The van der Waals surface area contributed by atoms with Crippen molar-refractivity contribution in [1.29, 1.82) is 5.26 Å². The number of ether oxygens (including phenoxy) is 1. The van der Waals surface area contributed by atoms with Gasteiger partial charge in [-0.05, 0) is 12.0 Å². The van der Waals surface area contributed by atoms with Crippen molar-refractivity contribution in [3.8, 4) is 6.07 Å². The van der Waals surface area contributed by atoms with Crippen molar-refractivity contribution < 1.29 is 4.74 Å². The summed E-state index contributed by atoms with van der Waals surface area (Å²) < 4.78 is 5.28. The molecule has 0 atom stereocenters. The van der Waals surface area contributed by atoms with Gasteiger partial charge in [-0.15, -0.1) is 0 Å². The van der Waals surface area contributed by atoms with E-state index < -0.39 is 0 Å². The van der Waals surface area contributed by atoms with Crippen LogP contribution in [0.3, 0.4) is 0 Å². The fourth-order valence-electron chi connectivity index (χ4n) is 1.89. The smallest absolute Gasteiger partial charge is 0.0622 e. The Hall–Kier alpha value is -1.33. The zero-order valence-corrected chi connectivity index (χ0v) is 8.07. The second kappa shape index (κ2) is 3.81. The molecule has 1 aromatic carbocycles. The van der Waals surface area contributed by atoms with Crippen LogP contribution in [0.15, 0.2) is 30.3 Å². The third-order valence-electron chi connectivity index (χ3n) is 2.86. The number of rotatable bonds is 3. The summed E-state index contributed by atoms with van der Waals surface area (Å²) in [6.45, 7) is 1.53. The van der Waals surface area contributed by atoms with Gasteiger partial charge in [-0.3, -0.25) is 0 Å². The number of hydrogen-bond donors (Lipinski definition) is 0. The van der Waals surface area contributed by atoms with Gasteiger partial charge in [-0.2, -0.15) is 5.26 Å². The molecule has 1 aromatic rings. The van der Waals surface area contributed by atoms with Crippen LogP contribution in [0.2, 0.25) is 0 Å². The molecular formula is C12H13NO. The third-order valence-corrected chi connectivity index (χ3v) is 2.86. The molecule has 0 aliphatic carbocycles. The van der Waals surface area contributed by atoms with E-state index in [0.717, 1.165) is 19.6 Å². The van der Waals surface area contributed by atoms with Crippen LogP contribution in [0.25, 0.3) is 0 Å². The summed E-state index contributed by atoms with van der Waals surface area (Å²) in [6.07, 6.45) is 1.52. The fraction of sp³-hybridized carbons (Fsp3) is 0.417. The number of nitriles is 1. The van der Waals surface area contributed by atoms with Gasteiger partial charge in [0.15, 0.2) is 0 Å². The van der Waals surface area contributed by atoms with Crippen LogP contribution in [0, 0.1) is 11.3 Å². The van der Waals surface area contributed by atoms with E-state index >= 15 is 0 Å². The van der Waals surface area contributed by atoms with E-state index in [9.17, 15) is 0 Å². The third kappa shape index (κ3) is 1.51. The van der Waals surface area contributed by atoms with E-state index in [1.165, 1.54) is 5.56 Å². The van der Waals surface area contributed by atoms with Gasteiger partial charge >= 0.3 is 0 Å². The molecule has 1 aliphatic rings.